The zero-order valence-electron chi connectivity index (χ0n) is 11.6. The number of carbonyl (C=O) groups is 2. The third-order valence-corrected chi connectivity index (χ3v) is 2.95. The van der Waals surface area contributed by atoms with Crippen LogP contribution >= 0.6 is 0 Å². The lowest BCUT2D eigenvalue weighted by molar-refractivity contribution is -0.137. The van der Waals surface area contributed by atoms with E-state index in [0.717, 1.165) is 0 Å². The normalized spacial score (nSPS) is 11.8. The molecule has 0 saturated carbocycles. The maximum absolute atomic E-state index is 13.7. The largest absolute Gasteiger partial charge is 0.481 e. The highest BCUT2D eigenvalue weighted by Crippen LogP contribution is 2.18. The molecular weight excluding hydrogens is 263 g/mol. The maximum atomic E-state index is 13.7. The zero-order chi connectivity index (χ0) is 15.1. The van der Waals surface area contributed by atoms with Crippen molar-refractivity contribution in [3.8, 4) is 0 Å². The number of carboxylic acids is 1. The monoisotopic (exact) mass is 282 g/mol. The number of para-hydroxylation sites is 1. The van der Waals surface area contributed by atoms with Crippen LogP contribution in [0.15, 0.2) is 24.3 Å². The van der Waals surface area contributed by atoms with Crippen molar-refractivity contribution < 1.29 is 19.1 Å². The van der Waals surface area contributed by atoms with Gasteiger partial charge >= 0.3 is 12.0 Å². The summed E-state index contributed by atoms with van der Waals surface area (Å²) in [5.41, 5.74) is 0.178. The summed E-state index contributed by atoms with van der Waals surface area (Å²) in [5.74, 6) is -1.47. The van der Waals surface area contributed by atoms with Gasteiger partial charge < -0.3 is 10.4 Å². The van der Waals surface area contributed by atoms with Crippen molar-refractivity contribution in [1.29, 1.82) is 0 Å². The molecule has 0 fully saturated rings. The fourth-order valence-corrected chi connectivity index (χ4v) is 1.85. The van der Waals surface area contributed by atoms with Crippen LogP contribution in [0.3, 0.4) is 0 Å². The molecule has 0 spiro atoms. The first-order chi connectivity index (χ1) is 9.49. The molecule has 0 radical (unpaired) electrons. The van der Waals surface area contributed by atoms with E-state index in [1.807, 2.05) is 0 Å². The van der Waals surface area contributed by atoms with Gasteiger partial charge in [-0.05, 0) is 25.5 Å². The van der Waals surface area contributed by atoms with Crippen LogP contribution < -0.4 is 10.2 Å². The van der Waals surface area contributed by atoms with Crippen molar-refractivity contribution in [2.75, 3.05) is 11.4 Å². The number of benzene rings is 1. The van der Waals surface area contributed by atoms with Gasteiger partial charge in [0.25, 0.3) is 0 Å². The lowest BCUT2D eigenvalue weighted by Crippen LogP contribution is -2.45. The van der Waals surface area contributed by atoms with E-state index in [1.54, 1.807) is 26.0 Å². The van der Waals surface area contributed by atoms with Crippen molar-refractivity contribution >= 4 is 17.7 Å². The Morgan fingerprint density at radius 1 is 1.35 bits per heavy atom. The smallest absolute Gasteiger partial charge is 0.322 e. The van der Waals surface area contributed by atoms with Gasteiger partial charge in [0.1, 0.15) is 5.82 Å². The molecule has 0 aliphatic carbocycles. The standard InChI is InChI=1S/C14H19FN2O3/c1-3-10(9-13(18)19)16-14(20)17(4-2)12-8-6-5-7-11(12)15/h5-8,10H,3-4,9H2,1-2H3,(H,16,20)(H,18,19). The Balaban J connectivity index is 2.82. The number of carbonyl (C=O) groups excluding carboxylic acids is 1. The molecule has 1 aromatic carbocycles. The highest BCUT2D eigenvalue weighted by atomic mass is 19.1. The van der Waals surface area contributed by atoms with Gasteiger partial charge in [-0.2, -0.15) is 0 Å². The van der Waals surface area contributed by atoms with Crippen LogP contribution in [0.25, 0.3) is 0 Å². The Labute approximate surface area is 117 Å². The minimum atomic E-state index is -0.980. The van der Waals surface area contributed by atoms with Gasteiger partial charge in [-0.25, -0.2) is 9.18 Å². The van der Waals surface area contributed by atoms with E-state index in [0.29, 0.717) is 6.42 Å². The summed E-state index contributed by atoms with van der Waals surface area (Å²) in [4.78, 5) is 24.1. The lowest BCUT2D eigenvalue weighted by Gasteiger charge is -2.24. The van der Waals surface area contributed by atoms with Crippen LogP contribution in [0.1, 0.15) is 26.7 Å². The minimum absolute atomic E-state index is 0.156. The fraction of sp³-hybridized carbons (Fsp3) is 0.429. The predicted octanol–water partition coefficient (Wildman–Crippen LogP) is 2.61. The highest BCUT2D eigenvalue weighted by Gasteiger charge is 2.20. The average Bonchev–Trinajstić information content (AvgIpc) is 2.40. The summed E-state index contributed by atoms with van der Waals surface area (Å²) >= 11 is 0. The van der Waals surface area contributed by atoms with E-state index in [2.05, 4.69) is 5.32 Å². The average molecular weight is 282 g/mol. The molecule has 1 unspecified atom stereocenters. The Kier molecular flexibility index (Phi) is 5.96. The Bertz CT molecular complexity index is 479. The second-order valence-electron chi connectivity index (χ2n) is 4.35. The van der Waals surface area contributed by atoms with Crippen molar-refractivity contribution in [3.63, 3.8) is 0 Å². The van der Waals surface area contributed by atoms with E-state index in [1.165, 1.54) is 17.0 Å². The van der Waals surface area contributed by atoms with E-state index >= 15 is 0 Å². The Morgan fingerprint density at radius 3 is 2.50 bits per heavy atom. The van der Waals surface area contributed by atoms with Crippen LogP contribution in [-0.4, -0.2) is 29.7 Å². The van der Waals surface area contributed by atoms with Gasteiger partial charge in [-0.15, -0.1) is 0 Å². The lowest BCUT2D eigenvalue weighted by atomic mass is 10.1. The molecule has 0 saturated heterocycles. The van der Waals surface area contributed by atoms with Crippen molar-refractivity contribution in [2.24, 2.45) is 0 Å². The molecule has 0 heterocycles. The number of amides is 2. The van der Waals surface area contributed by atoms with Gasteiger partial charge in [0.2, 0.25) is 0 Å². The molecule has 0 aliphatic heterocycles. The number of carboxylic acid groups (broad SMARTS) is 1. The topological polar surface area (TPSA) is 69.6 Å². The molecule has 6 heteroatoms. The number of nitrogens with zero attached hydrogens (tertiary/aromatic N) is 1. The first-order valence-corrected chi connectivity index (χ1v) is 6.53. The molecule has 2 amide bonds. The van der Waals surface area contributed by atoms with Crippen LogP contribution in [0.2, 0.25) is 0 Å². The van der Waals surface area contributed by atoms with Gasteiger partial charge in [0.05, 0.1) is 12.1 Å². The quantitative estimate of drug-likeness (QED) is 0.842. The molecule has 2 N–H and O–H groups in total. The van der Waals surface area contributed by atoms with E-state index in [-0.39, 0.29) is 18.7 Å². The summed E-state index contributed by atoms with van der Waals surface area (Å²) in [7, 11) is 0. The number of hydrogen-bond acceptors (Lipinski definition) is 2. The van der Waals surface area contributed by atoms with Crippen LogP contribution in [-0.2, 0) is 4.79 Å². The molecule has 1 rings (SSSR count). The number of halogens is 1. The number of urea groups is 1. The van der Waals surface area contributed by atoms with Gasteiger partial charge in [-0.1, -0.05) is 19.1 Å². The van der Waals surface area contributed by atoms with E-state index < -0.39 is 23.9 Å². The third-order valence-electron chi connectivity index (χ3n) is 2.95. The molecule has 5 nitrogen and oxygen atoms in total. The summed E-state index contributed by atoms with van der Waals surface area (Å²) in [6.45, 7) is 3.80. The first-order valence-electron chi connectivity index (χ1n) is 6.53. The third kappa shape index (κ3) is 4.22. The number of aliphatic carboxylic acids is 1. The van der Waals surface area contributed by atoms with Crippen LogP contribution in [0.4, 0.5) is 14.9 Å². The molecular formula is C14H19FN2O3. The van der Waals surface area contributed by atoms with Crippen molar-refractivity contribution in [3.05, 3.63) is 30.1 Å². The van der Waals surface area contributed by atoms with Gasteiger partial charge in [0.15, 0.2) is 0 Å². The predicted molar refractivity (Wildman–Crippen MR) is 74.3 cm³/mol. The summed E-state index contributed by atoms with van der Waals surface area (Å²) in [6.07, 6.45) is 0.337. The molecule has 0 bridgehead atoms. The second-order valence-corrected chi connectivity index (χ2v) is 4.35. The molecule has 110 valence electrons. The van der Waals surface area contributed by atoms with Crippen LogP contribution in [0, 0.1) is 5.82 Å². The molecule has 0 aliphatic rings. The van der Waals surface area contributed by atoms with Gasteiger partial charge in [-0.3, -0.25) is 9.69 Å². The highest BCUT2D eigenvalue weighted by molar-refractivity contribution is 5.92. The van der Waals surface area contributed by atoms with Crippen LogP contribution in [0.5, 0.6) is 0 Å². The Morgan fingerprint density at radius 2 is 2.00 bits per heavy atom. The zero-order valence-corrected chi connectivity index (χ0v) is 11.6. The minimum Gasteiger partial charge on any atom is -0.481 e. The number of anilines is 1. The Hall–Kier alpha value is -2.11. The number of rotatable bonds is 6. The maximum Gasteiger partial charge on any atom is 0.322 e. The molecule has 1 atom stereocenters. The van der Waals surface area contributed by atoms with E-state index in [4.69, 9.17) is 5.11 Å². The molecule has 1 aromatic rings. The summed E-state index contributed by atoms with van der Waals surface area (Å²) < 4.78 is 13.7. The van der Waals surface area contributed by atoms with Crippen molar-refractivity contribution in [1.82, 2.24) is 5.32 Å². The van der Waals surface area contributed by atoms with Crippen molar-refractivity contribution in [2.45, 2.75) is 32.7 Å². The van der Waals surface area contributed by atoms with E-state index in [9.17, 15) is 14.0 Å². The second kappa shape index (κ2) is 7.47. The first kappa shape index (κ1) is 15.9. The fourth-order valence-electron chi connectivity index (χ4n) is 1.85. The number of hydrogen-bond donors (Lipinski definition) is 2. The molecule has 20 heavy (non-hydrogen) atoms. The SMILES string of the molecule is CCC(CC(=O)O)NC(=O)N(CC)c1ccccc1F. The molecule has 0 aromatic heterocycles. The number of nitrogens with one attached hydrogen (secondary N) is 1. The van der Waals surface area contributed by atoms with Gasteiger partial charge in [0, 0.05) is 12.6 Å². The summed E-state index contributed by atoms with van der Waals surface area (Å²) in [5, 5.41) is 11.4. The summed E-state index contributed by atoms with van der Waals surface area (Å²) in [6, 6.07) is 5.01.